The molecule has 3 aromatic carbocycles. The molecule has 5 atom stereocenters. The molecule has 2 aliphatic rings. The molecular weight excluding hydrogens is 707 g/mol. The van der Waals surface area contributed by atoms with Gasteiger partial charge in [-0.25, -0.2) is 9.59 Å². The van der Waals surface area contributed by atoms with Crippen molar-refractivity contribution in [3.63, 3.8) is 0 Å². The van der Waals surface area contributed by atoms with Gasteiger partial charge in [0.05, 0.1) is 18.7 Å². The average Bonchev–Trinajstić information content (AvgIpc) is 3.62. The summed E-state index contributed by atoms with van der Waals surface area (Å²) in [5, 5.41) is 9.29. The highest BCUT2D eigenvalue weighted by Crippen LogP contribution is 2.43. The van der Waals surface area contributed by atoms with Gasteiger partial charge >= 0.3 is 12.1 Å². The highest BCUT2D eigenvalue weighted by Gasteiger charge is 2.55. The third kappa shape index (κ3) is 8.18. The fraction of sp³-hybridized carbons (Fsp3) is 0.477. The highest BCUT2D eigenvalue weighted by atomic mass is 16.5. The Labute approximate surface area is 332 Å². The maximum absolute atomic E-state index is 14.7. The first kappa shape index (κ1) is 41.6. The van der Waals surface area contributed by atoms with E-state index in [4.69, 9.17) is 4.74 Å². The molecule has 3 aromatic rings. The van der Waals surface area contributed by atoms with Crippen LogP contribution in [0.25, 0.3) is 0 Å². The molecule has 56 heavy (non-hydrogen) atoms. The second-order valence-electron chi connectivity index (χ2n) is 17.3. The fourth-order valence-corrected chi connectivity index (χ4v) is 8.23. The van der Waals surface area contributed by atoms with E-state index in [1.54, 1.807) is 84.3 Å². The van der Waals surface area contributed by atoms with Crippen molar-refractivity contribution < 1.29 is 23.9 Å². The number of amides is 6. The topological polar surface area (TPSA) is 121 Å². The largest absolute Gasteiger partial charge is 0.497 e. The summed E-state index contributed by atoms with van der Waals surface area (Å²) in [6.07, 6.45) is -0.156. The van der Waals surface area contributed by atoms with Crippen LogP contribution in [-0.4, -0.2) is 96.6 Å². The zero-order valence-electron chi connectivity index (χ0n) is 34.7. The van der Waals surface area contributed by atoms with Crippen molar-refractivity contribution in [3.8, 4) is 11.8 Å². The lowest BCUT2D eigenvalue weighted by molar-refractivity contribution is -0.132. The number of anilines is 2. The molecule has 0 saturated carbocycles. The molecule has 0 bridgehead atoms. The number of nitriles is 1. The van der Waals surface area contributed by atoms with Gasteiger partial charge in [0.25, 0.3) is 5.91 Å². The molecule has 6 amide bonds. The summed E-state index contributed by atoms with van der Waals surface area (Å²) >= 11 is 0. The summed E-state index contributed by atoms with van der Waals surface area (Å²) in [7, 11) is 6.74. The fourth-order valence-electron chi connectivity index (χ4n) is 8.23. The van der Waals surface area contributed by atoms with Crippen molar-refractivity contribution in [3.05, 3.63) is 90.0 Å². The summed E-state index contributed by atoms with van der Waals surface area (Å²) < 4.78 is 5.33. The number of likely N-dealkylation sites (N-methyl/N-ethyl adjacent to an activating group) is 1. The van der Waals surface area contributed by atoms with E-state index >= 15 is 0 Å². The number of ether oxygens (including phenoxy) is 1. The number of carbonyl (C=O) groups is 4. The first-order chi connectivity index (χ1) is 26.3. The van der Waals surface area contributed by atoms with Crippen molar-refractivity contribution >= 4 is 35.3 Å². The molecule has 0 N–H and O–H groups in total. The van der Waals surface area contributed by atoms with Crippen LogP contribution in [0.5, 0.6) is 5.75 Å². The predicted octanol–water partition coefficient (Wildman–Crippen LogP) is 7.57. The number of methoxy groups -OCH3 is 1. The van der Waals surface area contributed by atoms with Crippen LogP contribution in [-0.2, 0) is 9.59 Å². The third-order valence-electron chi connectivity index (χ3n) is 11.0. The van der Waals surface area contributed by atoms with Gasteiger partial charge in [-0.1, -0.05) is 78.8 Å². The summed E-state index contributed by atoms with van der Waals surface area (Å²) in [6.45, 7) is 14.6. The summed E-state index contributed by atoms with van der Waals surface area (Å²) in [5.74, 6) is 0.296. The van der Waals surface area contributed by atoms with E-state index in [1.165, 1.54) is 4.90 Å². The van der Waals surface area contributed by atoms with E-state index in [2.05, 4.69) is 6.07 Å². The van der Waals surface area contributed by atoms with Crippen molar-refractivity contribution in [2.45, 2.75) is 85.7 Å². The molecule has 0 aliphatic carbocycles. The number of hydrogen-bond acceptors (Lipinski definition) is 6. The number of carbonyl (C=O) groups excluding carboxylic acids is 4. The molecule has 12 heteroatoms. The Hall–Kier alpha value is -5.57. The summed E-state index contributed by atoms with van der Waals surface area (Å²) in [5.41, 5.74) is 1.52. The SMILES string of the molecule is COc1ccc(N(C)C(=O)N2C(c3ccccc3)C(=O)N(CCC(C)CC3C(=O)N(C)C(C(C)(C)C)N3C(=O)N(C)c3ccc(C#N)cc3)C2C(C)(C)C)cc1. The zero-order chi connectivity index (χ0) is 41.3. The molecule has 298 valence electrons. The molecule has 5 rings (SSSR count). The second kappa shape index (κ2) is 16.3. The van der Waals surface area contributed by atoms with E-state index in [0.29, 0.717) is 42.1 Å². The average molecular weight is 764 g/mol. The Morgan fingerprint density at radius 3 is 1.80 bits per heavy atom. The lowest BCUT2D eigenvalue weighted by atomic mass is 9.90. The van der Waals surface area contributed by atoms with Gasteiger partial charge in [-0.05, 0) is 72.9 Å². The Balaban J connectivity index is 1.43. The number of hydrogen-bond donors (Lipinski definition) is 0. The van der Waals surface area contributed by atoms with Gasteiger partial charge < -0.3 is 14.5 Å². The lowest BCUT2D eigenvalue weighted by Crippen LogP contribution is -2.55. The Morgan fingerprint density at radius 2 is 1.30 bits per heavy atom. The second-order valence-corrected chi connectivity index (χ2v) is 17.3. The van der Waals surface area contributed by atoms with Crippen LogP contribution in [0.2, 0.25) is 0 Å². The van der Waals surface area contributed by atoms with Crippen LogP contribution in [0.15, 0.2) is 78.9 Å². The molecule has 5 unspecified atom stereocenters. The minimum atomic E-state index is -0.840. The minimum absolute atomic E-state index is 0.0816. The number of benzene rings is 3. The Bertz CT molecular complexity index is 1930. The zero-order valence-corrected chi connectivity index (χ0v) is 34.7. The van der Waals surface area contributed by atoms with Crippen molar-refractivity contribution in [1.82, 2.24) is 19.6 Å². The van der Waals surface area contributed by atoms with Crippen molar-refractivity contribution in [2.75, 3.05) is 44.6 Å². The summed E-state index contributed by atoms with van der Waals surface area (Å²) in [4.78, 5) is 67.7. The van der Waals surface area contributed by atoms with Gasteiger partial charge in [0.2, 0.25) is 5.91 Å². The van der Waals surface area contributed by atoms with Crippen LogP contribution >= 0.6 is 0 Å². The predicted molar refractivity (Wildman–Crippen MR) is 218 cm³/mol. The first-order valence-electron chi connectivity index (χ1n) is 19.2. The van der Waals surface area contributed by atoms with Gasteiger partial charge in [-0.2, -0.15) is 5.26 Å². The maximum atomic E-state index is 14.7. The Kier molecular flexibility index (Phi) is 12.1. The third-order valence-corrected chi connectivity index (χ3v) is 11.0. The van der Waals surface area contributed by atoms with E-state index in [0.717, 1.165) is 5.56 Å². The monoisotopic (exact) mass is 763 g/mol. The van der Waals surface area contributed by atoms with E-state index < -0.39 is 35.2 Å². The number of nitrogens with zero attached hydrogens (tertiary/aromatic N) is 7. The van der Waals surface area contributed by atoms with Gasteiger partial charge in [0, 0.05) is 49.9 Å². The normalized spacial score (nSPS) is 20.6. The lowest BCUT2D eigenvalue weighted by Gasteiger charge is -2.42. The van der Waals surface area contributed by atoms with Gasteiger partial charge in [0.15, 0.2) is 0 Å². The standard InChI is InChI=1S/C44H57N7O5/c1-29(27-35-37(52)48(10)39(43(2,3)4)50(35)41(54)46(8)32-19-17-30(28-45)18-20-32)25-26-49-38(53)36(31-15-13-12-14-16-31)51(40(49)44(5,6)7)42(55)47(9)33-21-23-34(56-11)24-22-33/h12-24,29,35-36,39-40H,25-27H2,1-11H3. The molecule has 0 spiro atoms. The van der Waals surface area contributed by atoms with Gasteiger partial charge in [0.1, 0.15) is 30.2 Å². The van der Waals surface area contributed by atoms with Crippen LogP contribution in [0.1, 0.15) is 78.5 Å². The van der Waals surface area contributed by atoms with Crippen LogP contribution in [0.3, 0.4) is 0 Å². The Morgan fingerprint density at radius 1 is 0.786 bits per heavy atom. The summed E-state index contributed by atoms with van der Waals surface area (Å²) in [6, 6.07) is 23.4. The van der Waals surface area contributed by atoms with E-state index in [1.807, 2.05) is 95.8 Å². The number of urea groups is 2. The molecule has 2 fully saturated rings. The van der Waals surface area contributed by atoms with E-state index in [9.17, 15) is 24.4 Å². The first-order valence-corrected chi connectivity index (χ1v) is 19.2. The van der Waals surface area contributed by atoms with E-state index in [-0.39, 0.29) is 29.8 Å². The maximum Gasteiger partial charge on any atom is 0.326 e. The van der Waals surface area contributed by atoms with Crippen molar-refractivity contribution in [2.24, 2.45) is 16.7 Å². The number of rotatable bonds is 9. The molecule has 12 nitrogen and oxygen atoms in total. The molecule has 2 heterocycles. The quantitative estimate of drug-likeness (QED) is 0.222. The van der Waals surface area contributed by atoms with Crippen LogP contribution < -0.4 is 14.5 Å². The van der Waals surface area contributed by atoms with Crippen LogP contribution in [0.4, 0.5) is 21.0 Å². The molecule has 0 aromatic heterocycles. The smallest absolute Gasteiger partial charge is 0.326 e. The van der Waals surface area contributed by atoms with Gasteiger partial charge in [-0.15, -0.1) is 0 Å². The van der Waals surface area contributed by atoms with Gasteiger partial charge in [-0.3, -0.25) is 29.2 Å². The highest BCUT2D eigenvalue weighted by molar-refractivity contribution is 5.99. The molecule has 2 saturated heterocycles. The van der Waals surface area contributed by atoms with Crippen LogP contribution in [0, 0.1) is 28.1 Å². The van der Waals surface area contributed by atoms with Crippen molar-refractivity contribution in [1.29, 1.82) is 5.26 Å². The minimum Gasteiger partial charge on any atom is -0.497 e. The molecular formula is C44H57N7O5. The molecule has 0 radical (unpaired) electrons. The molecule has 2 aliphatic heterocycles.